The Morgan fingerprint density at radius 1 is 1.17 bits per heavy atom. The van der Waals surface area contributed by atoms with Gasteiger partial charge in [0.1, 0.15) is 16.5 Å². The Morgan fingerprint density at radius 3 is 2.62 bits per heavy atom. The summed E-state index contributed by atoms with van der Waals surface area (Å²) in [4.78, 5) is 15.3. The van der Waals surface area contributed by atoms with Crippen molar-refractivity contribution in [2.24, 2.45) is 5.92 Å². The van der Waals surface area contributed by atoms with Gasteiger partial charge in [-0.25, -0.2) is 9.97 Å². The number of rotatable bonds is 1. The van der Waals surface area contributed by atoms with E-state index in [2.05, 4.69) is 37.9 Å². The smallest absolute Gasteiger partial charge is 0.141 e. The molecule has 1 fully saturated rings. The highest BCUT2D eigenvalue weighted by molar-refractivity contribution is 7.19. The average Bonchev–Trinajstić information content (AvgIpc) is 2.91. The highest BCUT2D eigenvalue weighted by Gasteiger charge is 2.28. The number of piperazine rings is 1. The lowest BCUT2D eigenvalue weighted by Crippen LogP contribution is -2.44. The first-order valence-electron chi connectivity index (χ1n) is 9.22. The van der Waals surface area contributed by atoms with Crippen LogP contribution in [0.2, 0.25) is 0 Å². The molecule has 2 aromatic rings. The zero-order valence-corrected chi connectivity index (χ0v) is 16.1. The fraction of sp³-hybridized carbons (Fsp3) is 0.684. The third-order valence-electron chi connectivity index (χ3n) is 5.22. The van der Waals surface area contributed by atoms with Crippen LogP contribution >= 0.6 is 11.3 Å². The Hall–Kier alpha value is -1.20. The van der Waals surface area contributed by atoms with E-state index >= 15 is 0 Å². The summed E-state index contributed by atoms with van der Waals surface area (Å²) in [5.74, 6) is 2.97. The predicted molar refractivity (Wildman–Crippen MR) is 102 cm³/mol. The highest BCUT2D eigenvalue weighted by atomic mass is 32.1. The average molecular weight is 345 g/mol. The lowest BCUT2D eigenvalue weighted by molar-refractivity contribution is 0.509. The molecule has 1 aliphatic carbocycles. The van der Waals surface area contributed by atoms with Crippen LogP contribution in [0.25, 0.3) is 10.2 Å². The van der Waals surface area contributed by atoms with Crippen LogP contribution in [0.15, 0.2) is 0 Å². The van der Waals surface area contributed by atoms with Gasteiger partial charge in [0.2, 0.25) is 0 Å². The quantitative estimate of drug-likeness (QED) is 0.859. The molecule has 130 valence electrons. The summed E-state index contributed by atoms with van der Waals surface area (Å²) in [7, 11) is 0. The minimum Gasteiger partial charge on any atom is -0.353 e. The molecule has 0 radical (unpaired) electrons. The third kappa shape index (κ3) is 2.82. The first kappa shape index (κ1) is 16.3. The minimum absolute atomic E-state index is 0.0191. The van der Waals surface area contributed by atoms with E-state index in [4.69, 9.17) is 9.97 Å². The largest absolute Gasteiger partial charge is 0.353 e. The number of anilines is 1. The van der Waals surface area contributed by atoms with Gasteiger partial charge in [0.25, 0.3) is 0 Å². The van der Waals surface area contributed by atoms with Crippen LogP contribution in [-0.4, -0.2) is 36.1 Å². The standard InChI is InChI=1S/C19H28N4S/c1-12-5-6-13-14(11-12)24-17-15(13)16(23-9-7-20-8-10-23)21-18(22-17)19(2,3)4/h12,20H,5-11H2,1-4H3. The van der Waals surface area contributed by atoms with Crippen molar-refractivity contribution in [3.05, 3.63) is 16.3 Å². The van der Waals surface area contributed by atoms with E-state index in [-0.39, 0.29) is 5.41 Å². The zero-order chi connectivity index (χ0) is 16.9. The number of thiophene rings is 1. The van der Waals surface area contributed by atoms with E-state index in [1.807, 2.05) is 11.3 Å². The van der Waals surface area contributed by atoms with E-state index in [1.54, 1.807) is 10.4 Å². The molecule has 1 saturated heterocycles. The van der Waals surface area contributed by atoms with Crippen LogP contribution in [0.5, 0.6) is 0 Å². The van der Waals surface area contributed by atoms with E-state index in [0.717, 1.165) is 37.9 Å². The van der Waals surface area contributed by atoms with Gasteiger partial charge in [-0.05, 0) is 30.7 Å². The second-order valence-electron chi connectivity index (χ2n) is 8.39. The topological polar surface area (TPSA) is 41.1 Å². The SMILES string of the molecule is CC1CCc2c(sc3nc(C(C)(C)C)nc(N4CCNCC4)c23)C1. The van der Waals surface area contributed by atoms with Gasteiger partial charge in [0.05, 0.1) is 5.39 Å². The molecule has 5 heteroatoms. The van der Waals surface area contributed by atoms with Crippen molar-refractivity contribution < 1.29 is 0 Å². The van der Waals surface area contributed by atoms with E-state index < -0.39 is 0 Å². The molecule has 0 spiro atoms. The summed E-state index contributed by atoms with van der Waals surface area (Å²) in [5, 5.41) is 4.82. The number of aromatic nitrogens is 2. The summed E-state index contributed by atoms with van der Waals surface area (Å²) in [6, 6.07) is 0. The summed E-state index contributed by atoms with van der Waals surface area (Å²) < 4.78 is 0. The molecule has 0 bridgehead atoms. The van der Waals surface area contributed by atoms with Crippen molar-refractivity contribution in [2.75, 3.05) is 31.1 Å². The monoisotopic (exact) mass is 344 g/mol. The third-order valence-corrected chi connectivity index (χ3v) is 6.37. The molecule has 1 unspecified atom stereocenters. The maximum Gasteiger partial charge on any atom is 0.141 e. The number of nitrogens with one attached hydrogen (secondary N) is 1. The van der Waals surface area contributed by atoms with E-state index in [9.17, 15) is 0 Å². The number of nitrogens with zero attached hydrogens (tertiary/aromatic N) is 3. The van der Waals surface area contributed by atoms with Crippen LogP contribution in [0.1, 0.15) is 50.4 Å². The summed E-state index contributed by atoms with van der Waals surface area (Å²) in [5.41, 5.74) is 1.52. The molecular formula is C19H28N4S. The van der Waals surface area contributed by atoms with Crippen LogP contribution in [0.3, 0.4) is 0 Å². The second kappa shape index (κ2) is 5.95. The molecule has 1 aliphatic heterocycles. The van der Waals surface area contributed by atoms with Crippen LogP contribution in [0.4, 0.5) is 5.82 Å². The summed E-state index contributed by atoms with van der Waals surface area (Å²) >= 11 is 1.92. The van der Waals surface area contributed by atoms with Gasteiger partial charge in [-0.15, -0.1) is 11.3 Å². The molecule has 3 heterocycles. The summed E-state index contributed by atoms with van der Waals surface area (Å²) in [6.07, 6.45) is 3.69. The molecule has 2 aromatic heterocycles. The first-order valence-corrected chi connectivity index (χ1v) is 10.0. The molecule has 0 amide bonds. The fourth-order valence-corrected chi connectivity index (χ4v) is 5.14. The maximum absolute atomic E-state index is 5.09. The van der Waals surface area contributed by atoms with Gasteiger partial charge in [-0.1, -0.05) is 27.7 Å². The second-order valence-corrected chi connectivity index (χ2v) is 9.47. The zero-order valence-electron chi connectivity index (χ0n) is 15.3. The van der Waals surface area contributed by atoms with Crippen molar-refractivity contribution >= 4 is 27.4 Å². The number of hydrogen-bond donors (Lipinski definition) is 1. The molecule has 0 aromatic carbocycles. The van der Waals surface area contributed by atoms with Crippen molar-refractivity contribution in [2.45, 2.75) is 52.4 Å². The predicted octanol–water partition coefficient (Wildman–Crippen LogP) is 3.52. The molecule has 1 atom stereocenters. The Morgan fingerprint density at radius 2 is 1.92 bits per heavy atom. The Kier molecular flexibility index (Phi) is 4.04. The van der Waals surface area contributed by atoms with Crippen molar-refractivity contribution in [1.82, 2.24) is 15.3 Å². The molecule has 4 rings (SSSR count). The molecular weight excluding hydrogens is 316 g/mol. The van der Waals surface area contributed by atoms with Crippen LogP contribution in [0, 0.1) is 5.92 Å². The molecule has 2 aliphatic rings. The van der Waals surface area contributed by atoms with Gasteiger partial charge in [0.15, 0.2) is 0 Å². The lowest BCUT2D eigenvalue weighted by Gasteiger charge is -2.30. The highest BCUT2D eigenvalue weighted by Crippen LogP contribution is 2.42. The van der Waals surface area contributed by atoms with E-state index in [0.29, 0.717) is 0 Å². The number of aryl methyl sites for hydroxylation is 1. The Balaban J connectivity index is 1.92. The Bertz CT molecular complexity index is 753. The Labute approximate surface area is 148 Å². The molecule has 4 nitrogen and oxygen atoms in total. The summed E-state index contributed by atoms with van der Waals surface area (Å²) in [6.45, 7) is 13.2. The van der Waals surface area contributed by atoms with Gasteiger partial charge in [-0.3, -0.25) is 0 Å². The van der Waals surface area contributed by atoms with E-state index in [1.165, 1.54) is 35.3 Å². The van der Waals surface area contributed by atoms with Crippen molar-refractivity contribution in [1.29, 1.82) is 0 Å². The first-order chi connectivity index (χ1) is 11.4. The minimum atomic E-state index is -0.0191. The molecule has 24 heavy (non-hydrogen) atoms. The lowest BCUT2D eigenvalue weighted by atomic mass is 9.89. The van der Waals surface area contributed by atoms with Gasteiger partial charge in [0, 0.05) is 36.5 Å². The number of hydrogen-bond acceptors (Lipinski definition) is 5. The fourth-order valence-electron chi connectivity index (χ4n) is 3.76. The van der Waals surface area contributed by atoms with Gasteiger partial charge < -0.3 is 10.2 Å². The van der Waals surface area contributed by atoms with Crippen molar-refractivity contribution in [3.8, 4) is 0 Å². The van der Waals surface area contributed by atoms with Gasteiger partial charge in [-0.2, -0.15) is 0 Å². The molecule has 1 N–H and O–H groups in total. The van der Waals surface area contributed by atoms with Gasteiger partial charge >= 0.3 is 0 Å². The number of fused-ring (bicyclic) bond motifs is 3. The van der Waals surface area contributed by atoms with Crippen molar-refractivity contribution in [3.63, 3.8) is 0 Å². The molecule has 0 saturated carbocycles. The maximum atomic E-state index is 5.09. The van der Waals surface area contributed by atoms with Crippen LogP contribution in [-0.2, 0) is 18.3 Å². The normalized spacial score (nSPS) is 22.0. The van der Waals surface area contributed by atoms with Crippen LogP contribution < -0.4 is 10.2 Å².